The number of amides is 1. The fraction of sp³-hybridized carbons (Fsp3) is 0.632. The number of halogens is 3. The predicted octanol–water partition coefficient (Wildman–Crippen LogP) is 3.47. The van der Waals surface area contributed by atoms with Gasteiger partial charge in [-0.1, -0.05) is 19.3 Å². The fourth-order valence-electron chi connectivity index (χ4n) is 4.11. The van der Waals surface area contributed by atoms with Gasteiger partial charge in [0, 0.05) is 17.8 Å². The third-order valence-electron chi connectivity index (χ3n) is 5.51. The van der Waals surface area contributed by atoms with Crippen LogP contribution in [0.25, 0.3) is 0 Å². The number of carbonyl (C=O) groups is 1. The van der Waals surface area contributed by atoms with Crippen molar-refractivity contribution in [1.29, 1.82) is 0 Å². The molecule has 1 aliphatic heterocycles. The van der Waals surface area contributed by atoms with Crippen LogP contribution in [0.2, 0.25) is 0 Å². The molecular formula is C19H25F3N2O3S. The highest BCUT2D eigenvalue weighted by Crippen LogP contribution is 2.30. The standard InChI is InChI=1S/C19H25F3N2O3S/c20-19(21,22)14-6-8-15(9-7-14)23-12-18(25)24(16-4-2-1-3-5-16)17-10-11-28(26,27)13-17/h6-9,16-17,23H,1-5,10-13H2. The summed E-state index contributed by atoms with van der Waals surface area (Å²) in [7, 11) is -3.12. The molecule has 2 fully saturated rings. The van der Waals surface area contributed by atoms with Crippen LogP contribution in [0.3, 0.4) is 0 Å². The van der Waals surface area contributed by atoms with Crippen molar-refractivity contribution >= 4 is 21.4 Å². The van der Waals surface area contributed by atoms with E-state index in [2.05, 4.69) is 5.32 Å². The summed E-state index contributed by atoms with van der Waals surface area (Å²) in [6.45, 7) is -0.0710. The van der Waals surface area contributed by atoms with E-state index < -0.39 is 21.6 Å². The van der Waals surface area contributed by atoms with Crippen molar-refractivity contribution in [2.45, 2.75) is 56.8 Å². The molecule has 0 radical (unpaired) electrons. The maximum Gasteiger partial charge on any atom is 0.416 e. The molecule has 0 aromatic heterocycles. The first-order valence-electron chi connectivity index (χ1n) is 9.58. The molecule has 1 atom stereocenters. The number of benzene rings is 1. The molecule has 9 heteroatoms. The molecule has 0 spiro atoms. The number of hydrogen-bond acceptors (Lipinski definition) is 4. The minimum atomic E-state index is -4.40. The van der Waals surface area contributed by atoms with Crippen molar-refractivity contribution in [2.24, 2.45) is 0 Å². The van der Waals surface area contributed by atoms with Crippen LogP contribution in [0.5, 0.6) is 0 Å². The van der Waals surface area contributed by atoms with Gasteiger partial charge in [-0.2, -0.15) is 13.2 Å². The van der Waals surface area contributed by atoms with E-state index in [0.717, 1.165) is 44.2 Å². The average Bonchev–Trinajstić information content (AvgIpc) is 3.00. The Labute approximate surface area is 163 Å². The van der Waals surface area contributed by atoms with Crippen LogP contribution in [0, 0.1) is 0 Å². The molecular weight excluding hydrogens is 393 g/mol. The molecule has 1 saturated heterocycles. The van der Waals surface area contributed by atoms with Crippen LogP contribution in [0.15, 0.2) is 24.3 Å². The first-order valence-corrected chi connectivity index (χ1v) is 11.4. The maximum atomic E-state index is 12.9. The molecule has 28 heavy (non-hydrogen) atoms. The van der Waals surface area contributed by atoms with Gasteiger partial charge in [-0.25, -0.2) is 8.42 Å². The third-order valence-corrected chi connectivity index (χ3v) is 7.26. The van der Waals surface area contributed by atoms with Crippen molar-refractivity contribution in [3.05, 3.63) is 29.8 Å². The summed E-state index contributed by atoms with van der Waals surface area (Å²) >= 11 is 0. The van der Waals surface area contributed by atoms with E-state index in [9.17, 15) is 26.4 Å². The summed E-state index contributed by atoms with van der Waals surface area (Å²) < 4.78 is 61.7. The minimum Gasteiger partial charge on any atom is -0.376 e. The number of hydrogen-bond donors (Lipinski definition) is 1. The Morgan fingerprint density at radius 3 is 2.21 bits per heavy atom. The smallest absolute Gasteiger partial charge is 0.376 e. The van der Waals surface area contributed by atoms with E-state index in [1.807, 2.05) is 0 Å². The maximum absolute atomic E-state index is 12.9. The lowest BCUT2D eigenvalue weighted by molar-refractivity contribution is -0.137. The molecule has 1 amide bonds. The van der Waals surface area contributed by atoms with Crippen LogP contribution in [0.1, 0.15) is 44.1 Å². The Morgan fingerprint density at radius 1 is 1.04 bits per heavy atom. The number of nitrogens with one attached hydrogen (secondary N) is 1. The Kier molecular flexibility index (Phi) is 6.21. The zero-order valence-electron chi connectivity index (χ0n) is 15.5. The van der Waals surface area contributed by atoms with E-state index in [1.54, 1.807) is 4.90 Å². The van der Waals surface area contributed by atoms with Crippen molar-refractivity contribution in [3.63, 3.8) is 0 Å². The third kappa shape index (κ3) is 5.18. The van der Waals surface area contributed by atoms with Gasteiger partial charge in [0.1, 0.15) is 0 Å². The lowest BCUT2D eigenvalue weighted by Crippen LogP contribution is -2.50. The van der Waals surface area contributed by atoms with Crippen molar-refractivity contribution in [1.82, 2.24) is 4.90 Å². The van der Waals surface area contributed by atoms with E-state index in [0.29, 0.717) is 12.1 Å². The van der Waals surface area contributed by atoms with Crippen LogP contribution in [-0.2, 0) is 20.8 Å². The summed E-state index contributed by atoms with van der Waals surface area (Å²) in [5.41, 5.74) is -0.326. The van der Waals surface area contributed by atoms with Crippen molar-refractivity contribution in [2.75, 3.05) is 23.4 Å². The number of carbonyl (C=O) groups excluding carboxylic acids is 1. The van der Waals surface area contributed by atoms with Gasteiger partial charge in [-0.3, -0.25) is 4.79 Å². The highest BCUT2D eigenvalue weighted by Gasteiger charge is 2.38. The Morgan fingerprint density at radius 2 is 1.68 bits per heavy atom. The van der Waals surface area contributed by atoms with Crippen LogP contribution >= 0.6 is 0 Å². The zero-order valence-corrected chi connectivity index (χ0v) is 16.4. The largest absolute Gasteiger partial charge is 0.416 e. The average molecular weight is 418 g/mol. The van der Waals surface area contributed by atoms with Crippen LogP contribution in [0.4, 0.5) is 18.9 Å². The summed E-state index contributed by atoms with van der Waals surface area (Å²) in [5.74, 6) is -0.107. The molecule has 5 nitrogen and oxygen atoms in total. The number of rotatable bonds is 5. The zero-order chi connectivity index (χ0) is 20.4. The summed E-state index contributed by atoms with van der Waals surface area (Å²) in [6, 6.07) is 4.25. The first kappa shape index (κ1) is 21.0. The monoisotopic (exact) mass is 418 g/mol. The first-order chi connectivity index (χ1) is 13.2. The Bertz CT molecular complexity index is 788. The van der Waals surface area contributed by atoms with Gasteiger partial charge in [0.15, 0.2) is 9.84 Å². The van der Waals surface area contributed by atoms with E-state index in [4.69, 9.17) is 0 Å². The lowest BCUT2D eigenvalue weighted by atomic mass is 9.93. The lowest BCUT2D eigenvalue weighted by Gasteiger charge is -2.38. The molecule has 1 heterocycles. The van der Waals surface area contributed by atoms with Crippen LogP contribution in [-0.4, -0.2) is 49.4 Å². The van der Waals surface area contributed by atoms with Crippen molar-refractivity contribution in [3.8, 4) is 0 Å². The van der Waals surface area contributed by atoms with Crippen molar-refractivity contribution < 1.29 is 26.4 Å². The number of anilines is 1. The Hall–Kier alpha value is -1.77. The summed E-state index contributed by atoms with van der Waals surface area (Å²) in [6.07, 6.45) is 0.919. The van der Waals surface area contributed by atoms with E-state index >= 15 is 0 Å². The molecule has 0 bridgehead atoms. The molecule has 1 aliphatic carbocycles. The molecule has 156 valence electrons. The fourth-order valence-corrected chi connectivity index (χ4v) is 5.82. The molecule has 3 rings (SSSR count). The van der Waals surface area contributed by atoms with Gasteiger partial charge in [0.2, 0.25) is 5.91 Å². The molecule has 1 unspecified atom stereocenters. The molecule has 2 aliphatic rings. The van der Waals surface area contributed by atoms with E-state index in [-0.39, 0.29) is 36.0 Å². The quantitative estimate of drug-likeness (QED) is 0.795. The van der Waals surface area contributed by atoms with Gasteiger partial charge in [-0.05, 0) is 43.5 Å². The second-order valence-electron chi connectivity index (χ2n) is 7.58. The van der Waals surface area contributed by atoms with Gasteiger partial charge in [0.25, 0.3) is 0 Å². The number of nitrogens with zero attached hydrogens (tertiary/aromatic N) is 1. The highest BCUT2D eigenvalue weighted by molar-refractivity contribution is 7.91. The summed E-state index contributed by atoms with van der Waals surface area (Å²) in [4.78, 5) is 14.7. The van der Waals surface area contributed by atoms with Gasteiger partial charge < -0.3 is 10.2 Å². The number of alkyl halides is 3. The Balaban J connectivity index is 1.67. The molecule has 1 N–H and O–H groups in total. The second-order valence-corrected chi connectivity index (χ2v) is 9.81. The van der Waals surface area contributed by atoms with Gasteiger partial charge >= 0.3 is 6.18 Å². The molecule has 1 saturated carbocycles. The van der Waals surface area contributed by atoms with E-state index in [1.165, 1.54) is 12.1 Å². The highest BCUT2D eigenvalue weighted by atomic mass is 32.2. The normalized spacial score (nSPS) is 22.8. The molecule has 1 aromatic carbocycles. The predicted molar refractivity (Wildman–Crippen MR) is 101 cm³/mol. The van der Waals surface area contributed by atoms with Gasteiger partial charge in [-0.15, -0.1) is 0 Å². The summed E-state index contributed by atoms with van der Waals surface area (Å²) in [5, 5.41) is 2.88. The second kappa shape index (κ2) is 8.31. The molecule has 1 aromatic rings. The number of sulfone groups is 1. The van der Waals surface area contributed by atoms with Crippen LogP contribution < -0.4 is 5.32 Å². The minimum absolute atomic E-state index is 0.00444. The topological polar surface area (TPSA) is 66.5 Å². The SMILES string of the molecule is O=C(CNc1ccc(C(F)(F)F)cc1)N(C1CCCCC1)C1CCS(=O)(=O)C1. The van der Waals surface area contributed by atoms with Gasteiger partial charge in [0.05, 0.1) is 23.6 Å².